The second-order valence-electron chi connectivity index (χ2n) is 3.77. The maximum atomic E-state index is 11.6. The lowest BCUT2D eigenvalue weighted by Crippen LogP contribution is -2.47. The van der Waals surface area contributed by atoms with Crippen LogP contribution in [0.4, 0.5) is 0 Å². The number of hydrazine groups is 1. The van der Waals surface area contributed by atoms with Gasteiger partial charge >= 0.3 is 0 Å². The second-order valence-corrected chi connectivity index (χ2v) is 4.63. The van der Waals surface area contributed by atoms with Crippen molar-refractivity contribution in [2.45, 2.75) is 12.5 Å². The van der Waals surface area contributed by atoms with E-state index in [2.05, 4.69) is 21.4 Å². The molecule has 16 heavy (non-hydrogen) atoms. The van der Waals surface area contributed by atoms with E-state index in [4.69, 9.17) is 5.73 Å². The van der Waals surface area contributed by atoms with Gasteiger partial charge in [-0.05, 0) is 18.1 Å². The van der Waals surface area contributed by atoms with Gasteiger partial charge in [-0.3, -0.25) is 10.2 Å². The number of hydrogen-bond donors (Lipinski definition) is 2. The Morgan fingerprint density at radius 3 is 2.69 bits per heavy atom. The summed E-state index contributed by atoms with van der Waals surface area (Å²) in [5.74, 6) is -0.180. The first-order valence-electron chi connectivity index (χ1n) is 4.97. The topological polar surface area (TPSA) is 58.4 Å². The van der Waals surface area contributed by atoms with E-state index in [1.165, 1.54) is 0 Å². The summed E-state index contributed by atoms with van der Waals surface area (Å²) in [5.41, 5.74) is 9.47. The first kappa shape index (κ1) is 13.2. The van der Waals surface area contributed by atoms with Crippen LogP contribution in [0.2, 0.25) is 0 Å². The Morgan fingerprint density at radius 1 is 1.50 bits per heavy atom. The van der Waals surface area contributed by atoms with Gasteiger partial charge in [0.25, 0.3) is 5.91 Å². The van der Waals surface area contributed by atoms with E-state index < -0.39 is 6.04 Å². The van der Waals surface area contributed by atoms with Crippen LogP contribution in [-0.2, 0) is 11.2 Å². The quantitative estimate of drug-likeness (QED) is 0.809. The molecule has 5 heteroatoms. The minimum Gasteiger partial charge on any atom is -0.320 e. The van der Waals surface area contributed by atoms with Gasteiger partial charge in [-0.1, -0.05) is 34.1 Å². The van der Waals surface area contributed by atoms with Gasteiger partial charge in [0.1, 0.15) is 0 Å². The normalized spacial score (nSPS) is 12.6. The van der Waals surface area contributed by atoms with Gasteiger partial charge in [0.15, 0.2) is 0 Å². The highest BCUT2D eigenvalue weighted by Crippen LogP contribution is 2.16. The highest BCUT2D eigenvalue weighted by molar-refractivity contribution is 9.10. The number of halogens is 1. The number of amides is 1. The molecular formula is C11H16BrN3O. The molecule has 0 radical (unpaired) electrons. The van der Waals surface area contributed by atoms with Gasteiger partial charge in [-0.15, -0.1) is 0 Å². The van der Waals surface area contributed by atoms with Crippen LogP contribution < -0.4 is 11.2 Å². The van der Waals surface area contributed by atoms with Crippen molar-refractivity contribution in [3.05, 3.63) is 34.3 Å². The van der Waals surface area contributed by atoms with Gasteiger partial charge in [0, 0.05) is 18.6 Å². The molecule has 1 rings (SSSR count). The lowest BCUT2D eigenvalue weighted by atomic mass is 10.1. The van der Waals surface area contributed by atoms with Crippen molar-refractivity contribution in [3.8, 4) is 0 Å². The zero-order valence-electron chi connectivity index (χ0n) is 9.40. The van der Waals surface area contributed by atoms with E-state index in [0.717, 1.165) is 10.0 Å². The largest absolute Gasteiger partial charge is 0.320 e. The van der Waals surface area contributed by atoms with Crippen LogP contribution in [0.3, 0.4) is 0 Å². The summed E-state index contributed by atoms with van der Waals surface area (Å²) in [4.78, 5) is 11.6. The Balaban J connectivity index is 2.61. The van der Waals surface area contributed by atoms with E-state index in [1.54, 1.807) is 19.1 Å². The highest BCUT2D eigenvalue weighted by atomic mass is 79.9. The summed E-state index contributed by atoms with van der Waals surface area (Å²) in [6.45, 7) is 0. The van der Waals surface area contributed by atoms with E-state index in [-0.39, 0.29) is 5.91 Å². The molecular weight excluding hydrogens is 270 g/mol. The average Bonchev–Trinajstić information content (AvgIpc) is 2.20. The van der Waals surface area contributed by atoms with Crippen molar-refractivity contribution in [1.29, 1.82) is 0 Å². The number of rotatable bonds is 4. The van der Waals surface area contributed by atoms with Crippen LogP contribution in [0.1, 0.15) is 5.56 Å². The standard InChI is InChI=1S/C11H16BrN3O/c1-15(2)14-11(16)10(13)7-8-5-3-4-6-9(8)12/h3-6,10H,7,13H2,1-2H3,(H,14,16). The molecule has 1 aromatic carbocycles. The molecule has 0 spiro atoms. The summed E-state index contributed by atoms with van der Waals surface area (Å²) >= 11 is 3.43. The van der Waals surface area contributed by atoms with Crippen LogP contribution in [0.15, 0.2) is 28.7 Å². The van der Waals surface area contributed by atoms with Gasteiger partial charge in [-0.25, -0.2) is 5.01 Å². The lowest BCUT2D eigenvalue weighted by molar-refractivity contribution is -0.126. The monoisotopic (exact) mass is 285 g/mol. The Kier molecular flexibility index (Phi) is 4.92. The van der Waals surface area contributed by atoms with Crippen molar-refractivity contribution in [3.63, 3.8) is 0 Å². The minimum atomic E-state index is -0.541. The first-order chi connectivity index (χ1) is 7.50. The molecule has 0 heterocycles. The zero-order chi connectivity index (χ0) is 12.1. The summed E-state index contributed by atoms with van der Waals surface area (Å²) in [5, 5.41) is 1.59. The first-order valence-corrected chi connectivity index (χ1v) is 5.77. The van der Waals surface area contributed by atoms with Gasteiger partial charge in [0.05, 0.1) is 6.04 Å². The Bertz CT molecular complexity index is 368. The molecule has 0 saturated heterocycles. The number of carbonyl (C=O) groups excluding carboxylic acids is 1. The molecule has 0 bridgehead atoms. The molecule has 1 atom stereocenters. The van der Waals surface area contributed by atoms with Crippen molar-refractivity contribution in [1.82, 2.24) is 10.4 Å². The Labute approximate surface area is 104 Å². The number of nitrogens with two attached hydrogens (primary N) is 1. The number of nitrogens with one attached hydrogen (secondary N) is 1. The number of benzene rings is 1. The predicted octanol–water partition coefficient (Wildman–Crippen LogP) is 0.912. The summed E-state index contributed by atoms with van der Waals surface area (Å²) in [6, 6.07) is 7.20. The maximum Gasteiger partial charge on any atom is 0.251 e. The molecule has 88 valence electrons. The molecule has 0 aromatic heterocycles. The molecule has 1 unspecified atom stereocenters. The summed E-state index contributed by atoms with van der Waals surface area (Å²) < 4.78 is 0.975. The second kappa shape index (κ2) is 5.98. The third-order valence-electron chi connectivity index (χ3n) is 2.07. The molecule has 1 aromatic rings. The Morgan fingerprint density at radius 2 is 2.12 bits per heavy atom. The third kappa shape index (κ3) is 3.92. The highest BCUT2D eigenvalue weighted by Gasteiger charge is 2.15. The fourth-order valence-electron chi connectivity index (χ4n) is 1.30. The molecule has 0 aliphatic heterocycles. The third-order valence-corrected chi connectivity index (χ3v) is 2.84. The molecule has 0 fully saturated rings. The number of hydrogen-bond acceptors (Lipinski definition) is 3. The van der Waals surface area contributed by atoms with Gasteiger partial charge < -0.3 is 5.73 Å². The van der Waals surface area contributed by atoms with Gasteiger partial charge in [0.2, 0.25) is 0 Å². The number of nitrogens with zero attached hydrogens (tertiary/aromatic N) is 1. The van der Waals surface area contributed by atoms with Gasteiger partial charge in [-0.2, -0.15) is 0 Å². The van der Waals surface area contributed by atoms with Crippen LogP contribution >= 0.6 is 15.9 Å². The summed E-state index contributed by atoms with van der Waals surface area (Å²) in [6.07, 6.45) is 0.515. The van der Waals surface area contributed by atoms with E-state index in [9.17, 15) is 4.79 Å². The van der Waals surface area contributed by atoms with Crippen molar-refractivity contribution >= 4 is 21.8 Å². The van der Waals surface area contributed by atoms with Crippen LogP contribution in [0.25, 0.3) is 0 Å². The molecule has 4 nitrogen and oxygen atoms in total. The fraction of sp³-hybridized carbons (Fsp3) is 0.364. The average molecular weight is 286 g/mol. The smallest absolute Gasteiger partial charge is 0.251 e. The van der Waals surface area contributed by atoms with E-state index in [1.807, 2.05) is 24.3 Å². The van der Waals surface area contributed by atoms with E-state index in [0.29, 0.717) is 6.42 Å². The van der Waals surface area contributed by atoms with E-state index >= 15 is 0 Å². The number of carbonyl (C=O) groups is 1. The zero-order valence-corrected chi connectivity index (χ0v) is 11.0. The molecule has 1 amide bonds. The molecule has 0 saturated carbocycles. The Hall–Kier alpha value is -0.910. The van der Waals surface area contributed by atoms with Crippen LogP contribution in [0.5, 0.6) is 0 Å². The molecule has 0 aliphatic rings. The molecule has 0 aliphatic carbocycles. The van der Waals surface area contributed by atoms with Crippen LogP contribution in [-0.4, -0.2) is 31.1 Å². The van der Waals surface area contributed by atoms with Crippen molar-refractivity contribution < 1.29 is 4.79 Å². The lowest BCUT2D eigenvalue weighted by Gasteiger charge is -2.16. The van der Waals surface area contributed by atoms with Crippen molar-refractivity contribution in [2.75, 3.05) is 14.1 Å². The predicted molar refractivity (Wildman–Crippen MR) is 67.7 cm³/mol. The summed E-state index contributed by atoms with van der Waals surface area (Å²) in [7, 11) is 3.51. The fourth-order valence-corrected chi connectivity index (χ4v) is 1.74. The minimum absolute atomic E-state index is 0.180. The van der Waals surface area contributed by atoms with Crippen molar-refractivity contribution in [2.24, 2.45) is 5.73 Å². The SMILES string of the molecule is CN(C)NC(=O)C(N)Cc1ccccc1Br. The van der Waals surface area contributed by atoms with Crippen LogP contribution in [0, 0.1) is 0 Å². The molecule has 3 N–H and O–H groups in total. The maximum absolute atomic E-state index is 11.6.